The summed E-state index contributed by atoms with van der Waals surface area (Å²) in [5.74, 6) is -0.635. The van der Waals surface area contributed by atoms with E-state index < -0.39 is 17.5 Å². The van der Waals surface area contributed by atoms with Gasteiger partial charge in [0.25, 0.3) is 0 Å². The molecule has 2 N–H and O–H groups in total. The van der Waals surface area contributed by atoms with Crippen LogP contribution in [0.3, 0.4) is 0 Å². The first-order valence-electron chi connectivity index (χ1n) is 16.9. The molecule has 3 unspecified atom stereocenters. The Kier molecular flexibility index (Phi) is 13.5. The molecular weight excluding hydrogens is 646 g/mol. The fourth-order valence-corrected chi connectivity index (χ4v) is 6.85. The molecule has 0 aromatic heterocycles. The van der Waals surface area contributed by atoms with Gasteiger partial charge in [0.2, 0.25) is 23.6 Å². The van der Waals surface area contributed by atoms with Gasteiger partial charge in [0, 0.05) is 36.2 Å². The molecule has 0 saturated carbocycles. The van der Waals surface area contributed by atoms with Gasteiger partial charge in [0.15, 0.2) is 0 Å². The summed E-state index contributed by atoms with van der Waals surface area (Å²) >= 11 is 3.43. The molecule has 2 aliphatic heterocycles. The van der Waals surface area contributed by atoms with E-state index >= 15 is 0 Å². The first kappa shape index (κ1) is 37.7. The maximum Gasteiger partial charge on any atom is 0.249 e. The highest BCUT2D eigenvalue weighted by Crippen LogP contribution is 2.27. The number of halogens is 1. The van der Waals surface area contributed by atoms with Crippen molar-refractivity contribution >= 4 is 39.6 Å². The van der Waals surface area contributed by atoms with Crippen molar-refractivity contribution < 1.29 is 19.2 Å². The molecule has 0 bridgehead atoms. The minimum atomic E-state index is -0.732. The number of benzene rings is 1. The molecule has 3 rings (SSSR count). The molecule has 46 heavy (non-hydrogen) atoms. The molecule has 2 saturated heterocycles. The van der Waals surface area contributed by atoms with Crippen molar-refractivity contribution in [2.24, 2.45) is 11.3 Å². The van der Waals surface area contributed by atoms with Crippen molar-refractivity contribution in [3.63, 3.8) is 0 Å². The predicted octanol–water partition coefficient (Wildman–Crippen LogP) is 5.28. The molecule has 4 atom stereocenters. The Morgan fingerprint density at radius 1 is 0.957 bits per heavy atom. The molecule has 0 aliphatic carbocycles. The summed E-state index contributed by atoms with van der Waals surface area (Å²) in [4.78, 5) is 60.2. The fourth-order valence-electron chi connectivity index (χ4n) is 6.59. The predicted molar refractivity (Wildman–Crippen MR) is 187 cm³/mol. The SMILES string of the molecule is C/C(=C\[C@H](C(C)C)N(C)C(=O)C(NC(=O)C1CCCCN1C(C)C)C(C)(C)C)C(=O)N1CCCC1C(=O)NCc1ccc(Br)cc1. The van der Waals surface area contributed by atoms with Crippen LogP contribution in [-0.2, 0) is 25.7 Å². The Labute approximate surface area is 285 Å². The monoisotopic (exact) mass is 701 g/mol. The second kappa shape index (κ2) is 16.4. The van der Waals surface area contributed by atoms with E-state index in [-0.39, 0.29) is 47.7 Å². The summed E-state index contributed by atoms with van der Waals surface area (Å²) in [6.07, 6.45) is 6.06. The summed E-state index contributed by atoms with van der Waals surface area (Å²) in [6.45, 7) is 17.7. The van der Waals surface area contributed by atoms with Crippen LogP contribution in [0.2, 0.25) is 0 Å². The average molecular weight is 703 g/mol. The van der Waals surface area contributed by atoms with Gasteiger partial charge in [-0.05, 0) is 82.0 Å². The third-order valence-electron chi connectivity index (χ3n) is 9.34. The molecular formula is C36H56BrN5O4. The van der Waals surface area contributed by atoms with Crippen molar-refractivity contribution in [3.05, 3.63) is 46.0 Å². The van der Waals surface area contributed by atoms with Gasteiger partial charge in [-0.3, -0.25) is 24.1 Å². The lowest BCUT2D eigenvalue weighted by Crippen LogP contribution is -2.60. The summed E-state index contributed by atoms with van der Waals surface area (Å²) in [5, 5.41) is 6.13. The number of piperidine rings is 1. The van der Waals surface area contributed by atoms with Crippen LogP contribution >= 0.6 is 15.9 Å². The van der Waals surface area contributed by atoms with Gasteiger partial charge in [0.05, 0.1) is 12.1 Å². The van der Waals surface area contributed by atoms with Crippen molar-refractivity contribution in [1.29, 1.82) is 0 Å². The van der Waals surface area contributed by atoms with E-state index in [1.807, 2.05) is 65.0 Å². The Morgan fingerprint density at radius 3 is 2.17 bits per heavy atom. The molecule has 1 aromatic rings. The summed E-state index contributed by atoms with van der Waals surface area (Å²) in [6, 6.07) is 6.11. The Hall–Kier alpha value is -2.72. The lowest BCUT2D eigenvalue weighted by atomic mass is 9.84. The number of hydrogen-bond donors (Lipinski definition) is 2. The zero-order valence-electron chi connectivity index (χ0n) is 29.4. The van der Waals surface area contributed by atoms with Crippen molar-refractivity contribution in [2.45, 2.75) is 124 Å². The lowest BCUT2D eigenvalue weighted by molar-refractivity contribution is -0.142. The zero-order chi connectivity index (χ0) is 34.3. The van der Waals surface area contributed by atoms with E-state index in [0.29, 0.717) is 25.1 Å². The molecule has 9 nitrogen and oxygen atoms in total. The summed E-state index contributed by atoms with van der Waals surface area (Å²) < 4.78 is 0.973. The number of carbonyl (C=O) groups excluding carboxylic acids is 4. The van der Waals surface area contributed by atoms with E-state index in [9.17, 15) is 19.2 Å². The number of nitrogens with one attached hydrogen (secondary N) is 2. The maximum absolute atomic E-state index is 14.1. The molecule has 1 aromatic carbocycles. The number of likely N-dealkylation sites (N-methyl/N-ethyl adjacent to an activating group) is 1. The molecule has 2 fully saturated rings. The van der Waals surface area contributed by atoms with Crippen molar-refractivity contribution in [3.8, 4) is 0 Å². The van der Waals surface area contributed by atoms with E-state index in [0.717, 1.165) is 42.3 Å². The van der Waals surface area contributed by atoms with Crippen LogP contribution in [-0.4, -0.2) is 88.7 Å². The van der Waals surface area contributed by atoms with E-state index in [1.165, 1.54) is 0 Å². The highest BCUT2D eigenvalue weighted by atomic mass is 79.9. The molecule has 2 aliphatic rings. The van der Waals surface area contributed by atoms with Crippen LogP contribution in [0.15, 0.2) is 40.4 Å². The first-order chi connectivity index (χ1) is 21.5. The fraction of sp³-hybridized carbons (Fsp3) is 0.667. The second-order valence-corrected chi connectivity index (χ2v) is 15.6. The number of likely N-dealkylation sites (tertiary alicyclic amines) is 2. The number of carbonyl (C=O) groups is 4. The normalized spacial score (nSPS) is 20.9. The minimum Gasteiger partial charge on any atom is -0.350 e. The van der Waals surface area contributed by atoms with Crippen molar-refractivity contribution in [1.82, 2.24) is 25.3 Å². The summed E-state index contributed by atoms with van der Waals surface area (Å²) in [5.41, 5.74) is 0.953. The largest absolute Gasteiger partial charge is 0.350 e. The van der Waals surface area contributed by atoms with Crippen LogP contribution in [0.1, 0.15) is 93.1 Å². The van der Waals surface area contributed by atoms with Crippen LogP contribution < -0.4 is 10.6 Å². The van der Waals surface area contributed by atoms with Gasteiger partial charge in [-0.2, -0.15) is 0 Å². The smallest absolute Gasteiger partial charge is 0.249 e. The minimum absolute atomic E-state index is 0.00591. The third kappa shape index (κ3) is 9.66. The van der Waals surface area contributed by atoms with E-state index in [4.69, 9.17) is 0 Å². The number of amides is 4. The quantitative estimate of drug-likeness (QED) is 0.306. The van der Waals surface area contributed by atoms with Crippen molar-refractivity contribution in [2.75, 3.05) is 20.1 Å². The topological polar surface area (TPSA) is 102 Å². The highest BCUT2D eigenvalue weighted by molar-refractivity contribution is 9.10. The van der Waals surface area contributed by atoms with Gasteiger partial charge < -0.3 is 20.4 Å². The summed E-state index contributed by atoms with van der Waals surface area (Å²) in [7, 11) is 1.75. The number of rotatable bonds is 11. The van der Waals surface area contributed by atoms with Gasteiger partial charge in [-0.1, -0.05) is 75.2 Å². The first-order valence-corrected chi connectivity index (χ1v) is 17.7. The Bertz CT molecular complexity index is 1260. The average Bonchev–Trinajstić information content (AvgIpc) is 3.50. The van der Waals surface area contributed by atoms with E-state index in [2.05, 4.69) is 45.3 Å². The van der Waals surface area contributed by atoms with Gasteiger partial charge in [0.1, 0.15) is 12.1 Å². The molecule has 0 spiro atoms. The van der Waals surface area contributed by atoms with Gasteiger partial charge in [-0.25, -0.2) is 0 Å². The van der Waals surface area contributed by atoms with Crippen LogP contribution in [0.25, 0.3) is 0 Å². The standard InChI is InChI=1S/C36H56BrN5O4/c1-23(2)30(40(9)35(46)31(36(6,7)8)39-33(44)29-13-10-11-19-41(29)24(3)4)21-25(5)34(45)42-20-12-14-28(42)32(43)38-22-26-15-17-27(37)18-16-26/h15-18,21,23-24,28-31H,10-14,19-20,22H2,1-9H3,(H,38,43)(H,39,44)/b25-21+/t28?,29?,30-,31?/m1/s1. The van der Waals surface area contributed by atoms with Gasteiger partial charge in [-0.15, -0.1) is 0 Å². The van der Waals surface area contributed by atoms with Crippen LogP contribution in [0.4, 0.5) is 0 Å². The Balaban J connectivity index is 1.74. The third-order valence-corrected chi connectivity index (χ3v) is 9.87. The van der Waals surface area contributed by atoms with Crippen LogP contribution in [0, 0.1) is 11.3 Å². The Morgan fingerprint density at radius 2 is 1.59 bits per heavy atom. The maximum atomic E-state index is 14.1. The second-order valence-electron chi connectivity index (χ2n) is 14.7. The molecule has 256 valence electrons. The number of hydrogen-bond acceptors (Lipinski definition) is 5. The molecule has 4 amide bonds. The molecule has 0 radical (unpaired) electrons. The van der Waals surface area contributed by atoms with E-state index in [1.54, 1.807) is 23.8 Å². The molecule has 10 heteroatoms. The lowest BCUT2D eigenvalue weighted by Gasteiger charge is -2.41. The zero-order valence-corrected chi connectivity index (χ0v) is 30.9. The highest BCUT2D eigenvalue weighted by Gasteiger charge is 2.40. The van der Waals surface area contributed by atoms with Crippen LogP contribution in [0.5, 0.6) is 0 Å². The molecule has 2 heterocycles. The number of nitrogens with zero attached hydrogens (tertiary/aromatic N) is 3. The van der Waals surface area contributed by atoms with Gasteiger partial charge >= 0.3 is 0 Å².